The van der Waals surface area contributed by atoms with Gasteiger partial charge in [-0.1, -0.05) is 36.7 Å². The summed E-state index contributed by atoms with van der Waals surface area (Å²) >= 11 is 3.31. The van der Waals surface area contributed by atoms with Gasteiger partial charge >= 0.3 is 0 Å². The van der Waals surface area contributed by atoms with E-state index in [1.165, 1.54) is 7.11 Å². The van der Waals surface area contributed by atoms with E-state index in [9.17, 15) is 9.59 Å². The van der Waals surface area contributed by atoms with Crippen LogP contribution in [0.5, 0.6) is 5.75 Å². The number of amides is 1. The van der Waals surface area contributed by atoms with Crippen LogP contribution in [0.1, 0.15) is 31.1 Å². The van der Waals surface area contributed by atoms with Gasteiger partial charge in [0.25, 0.3) is 5.91 Å². The van der Waals surface area contributed by atoms with Crippen molar-refractivity contribution in [3.63, 3.8) is 0 Å². The van der Waals surface area contributed by atoms with Gasteiger partial charge in [-0.15, -0.1) is 0 Å². The first kappa shape index (κ1) is 15.7. The maximum atomic E-state index is 12.0. The topological polar surface area (TPSA) is 55.4 Å². The van der Waals surface area contributed by atoms with Gasteiger partial charge in [0.2, 0.25) is 0 Å². The number of methoxy groups -OCH3 is 1. The predicted octanol–water partition coefficient (Wildman–Crippen LogP) is 2.80. The van der Waals surface area contributed by atoms with Crippen molar-refractivity contribution < 1.29 is 14.3 Å². The second-order valence-electron chi connectivity index (χ2n) is 5.20. The Hall–Kier alpha value is -1.36. The third-order valence-electron chi connectivity index (χ3n) is 2.65. The minimum Gasteiger partial charge on any atom is -0.496 e. The Kier molecular flexibility index (Phi) is 5.11. The molecule has 104 valence electrons. The number of hydrogen-bond acceptors (Lipinski definition) is 3. The van der Waals surface area contributed by atoms with E-state index in [1.54, 1.807) is 18.2 Å². The van der Waals surface area contributed by atoms with Crippen molar-refractivity contribution in [1.82, 2.24) is 5.32 Å². The van der Waals surface area contributed by atoms with Crippen molar-refractivity contribution in [3.05, 3.63) is 28.2 Å². The van der Waals surface area contributed by atoms with Crippen molar-refractivity contribution in [1.29, 1.82) is 0 Å². The Morgan fingerprint density at radius 2 is 1.95 bits per heavy atom. The van der Waals surface area contributed by atoms with Crippen LogP contribution in [0.25, 0.3) is 0 Å². The Morgan fingerprint density at radius 1 is 1.32 bits per heavy atom. The molecule has 1 rings (SSSR count). The number of rotatable bonds is 4. The van der Waals surface area contributed by atoms with Gasteiger partial charge < -0.3 is 10.1 Å². The first-order valence-electron chi connectivity index (χ1n) is 5.90. The quantitative estimate of drug-likeness (QED) is 0.925. The van der Waals surface area contributed by atoms with Crippen LogP contribution >= 0.6 is 15.9 Å². The maximum absolute atomic E-state index is 12.0. The van der Waals surface area contributed by atoms with E-state index in [0.29, 0.717) is 11.3 Å². The van der Waals surface area contributed by atoms with Crippen molar-refractivity contribution in [2.45, 2.75) is 20.8 Å². The van der Waals surface area contributed by atoms with Crippen molar-refractivity contribution in [2.24, 2.45) is 5.41 Å². The van der Waals surface area contributed by atoms with Gasteiger partial charge in [-0.05, 0) is 18.2 Å². The molecule has 5 heteroatoms. The molecule has 0 aliphatic heterocycles. The Bertz CT molecular complexity index is 492. The molecule has 1 amide bonds. The summed E-state index contributed by atoms with van der Waals surface area (Å²) in [6.07, 6.45) is 0. The summed E-state index contributed by atoms with van der Waals surface area (Å²) in [4.78, 5) is 23.8. The van der Waals surface area contributed by atoms with Crippen LogP contribution in [0.15, 0.2) is 22.7 Å². The molecule has 0 aliphatic rings. The van der Waals surface area contributed by atoms with E-state index in [2.05, 4.69) is 21.2 Å². The third-order valence-corrected chi connectivity index (χ3v) is 3.15. The fourth-order valence-corrected chi connectivity index (χ4v) is 1.71. The van der Waals surface area contributed by atoms with Gasteiger partial charge in [0.1, 0.15) is 5.75 Å². The highest BCUT2D eigenvalue weighted by Gasteiger charge is 2.22. The lowest BCUT2D eigenvalue weighted by Crippen LogP contribution is -2.35. The van der Waals surface area contributed by atoms with Gasteiger partial charge in [0.05, 0.1) is 19.2 Å². The molecule has 0 fully saturated rings. The van der Waals surface area contributed by atoms with E-state index in [-0.39, 0.29) is 18.2 Å². The average Bonchev–Trinajstić information content (AvgIpc) is 2.33. The lowest BCUT2D eigenvalue weighted by molar-refractivity contribution is -0.125. The number of Topliss-reactive ketones (excluding diaryl/α,β-unsaturated/α-hetero) is 1. The highest BCUT2D eigenvalue weighted by atomic mass is 79.9. The van der Waals surface area contributed by atoms with Crippen molar-refractivity contribution in [2.75, 3.05) is 13.7 Å². The highest BCUT2D eigenvalue weighted by Crippen LogP contribution is 2.23. The molecule has 1 N–H and O–H groups in total. The second kappa shape index (κ2) is 6.19. The Labute approximate surface area is 121 Å². The number of ether oxygens (including phenoxy) is 1. The van der Waals surface area contributed by atoms with Crippen LogP contribution in [0.3, 0.4) is 0 Å². The van der Waals surface area contributed by atoms with Crippen LogP contribution < -0.4 is 10.1 Å². The molecule has 4 nitrogen and oxygen atoms in total. The number of ketones is 1. The molecule has 19 heavy (non-hydrogen) atoms. The first-order valence-corrected chi connectivity index (χ1v) is 6.70. The Morgan fingerprint density at radius 3 is 2.47 bits per heavy atom. The van der Waals surface area contributed by atoms with E-state index < -0.39 is 5.41 Å². The molecular formula is C14H18BrNO3. The van der Waals surface area contributed by atoms with Crippen LogP contribution in [-0.4, -0.2) is 25.3 Å². The predicted molar refractivity (Wildman–Crippen MR) is 77.5 cm³/mol. The summed E-state index contributed by atoms with van der Waals surface area (Å²) in [5.74, 6) is 0.133. The van der Waals surface area contributed by atoms with Gasteiger partial charge in [0, 0.05) is 9.89 Å². The summed E-state index contributed by atoms with van der Waals surface area (Å²) in [7, 11) is 1.50. The molecule has 1 aromatic rings. The average molecular weight is 328 g/mol. The summed E-state index contributed by atoms with van der Waals surface area (Å²) in [6.45, 7) is 5.48. The number of hydrogen-bond donors (Lipinski definition) is 1. The van der Waals surface area contributed by atoms with Crippen LogP contribution in [0.4, 0.5) is 0 Å². The lowest BCUT2D eigenvalue weighted by atomic mass is 9.91. The van der Waals surface area contributed by atoms with Gasteiger partial charge in [-0.25, -0.2) is 0 Å². The second-order valence-corrected chi connectivity index (χ2v) is 6.12. The highest BCUT2D eigenvalue weighted by molar-refractivity contribution is 9.10. The molecule has 0 bridgehead atoms. The maximum Gasteiger partial charge on any atom is 0.255 e. The summed E-state index contributed by atoms with van der Waals surface area (Å²) in [6, 6.07) is 5.11. The molecule has 0 atom stereocenters. The first-order chi connectivity index (χ1) is 8.75. The number of halogens is 1. The standard InChI is InChI=1S/C14H18BrNO3/c1-14(2,3)12(17)8-16-13(18)10-6-5-9(15)7-11(10)19-4/h5-7H,8H2,1-4H3,(H,16,18). The minimum absolute atomic E-state index is 0.0154. The fraction of sp³-hybridized carbons (Fsp3) is 0.429. The smallest absolute Gasteiger partial charge is 0.255 e. The van der Waals surface area contributed by atoms with Crippen LogP contribution in [0, 0.1) is 5.41 Å². The number of nitrogens with one attached hydrogen (secondary N) is 1. The zero-order valence-electron chi connectivity index (χ0n) is 11.5. The van der Waals surface area contributed by atoms with Crippen LogP contribution in [0.2, 0.25) is 0 Å². The van der Waals surface area contributed by atoms with E-state index in [1.807, 2.05) is 20.8 Å². The van der Waals surface area contributed by atoms with Crippen molar-refractivity contribution >= 4 is 27.6 Å². The van der Waals surface area contributed by atoms with E-state index in [0.717, 1.165) is 4.47 Å². The van der Waals surface area contributed by atoms with E-state index in [4.69, 9.17) is 4.74 Å². The molecule has 0 heterocycles. The monoisotopic (exact) mass is 327 g/mol. The van der Waals surface area contributed by atoms with Crippen LogP contribution in [-0.2, 0) is 4.79 Å². The minimum atomic E-state index is -0.461. The molecule has 0 radical (unpaired) electrons. The lowest BCUT2D eigenvalue weighted by Gasteiger charge is -2.17. The zero-order chi connectivity index (χ0) is 14.6. The normalized spacial score (nSPS) is 11.0. The summed E-state index contributed by atoms with van der Waals surface area (Å²) in [5.41, 5.74) is -0.0516. The van der Waals surface area contributed by atoms with Crippen molar-refractivity contribution in [3.8, 4) is 5.75 Å². The number of carbonyl (C=O) groups excluding carboxylic acids is 2. The zero-order valence-corrected chi connectivity index (χ0v) is 13.1. The van der Waals surface area contributed by atoms with Gasteiger partial charge in [0.15, 0.2) is 5.78 Å². The molecule has 0 unspecified atom stereocenters. The van der Waals surface area contributed by atoms with E-state index >= 15 is 0 Å². The van der Waals surface area contributed by atoms with Gasteiger partial charge in [-0.3, -0.25) is 9.59 Å². The summed E-state index contributed by atoms with van der Waals surface area (Å²) < 4.78 is 5.97. The summed E-state index contributed by atoms with van der Waals surface area (Å²) in [5, 5.41) is 2.62. The number of benzene rings is 1. The molecule has 0 spiro atoms. The molecule has 0 saturated carbocycles. The molecule has 1 aromatic carbocycles. The van der Waals surface area contributed by atoms with Gasteiger partial charge in [-0.2, -0.15) is 0 Å². The fourth-order valence-electron chi connectivity index (χ4n) is 1.37. The SMILES string of the molecule is COc1cc(Br)ccc1C(=O)NCC(=O)C(C)(C)C. The molecular weight excluding hydrogens is 310 g/mol. The third kappa shape index (κ3) is 4.35. The molecule has 0 aromatic heterocycles. The largest absolute Gasteiger partial charge is 0.496 e. The molecule has 0 aliphatic carbocycles. The Balaban J connectivity index is 2.77. The number of carbonyl (C=O) groups is 2. The molecule has 0 saturated heterocycles.